The van der Waals surface area contributed by atoms with Crippen LogP contribution in [0.25, 0.3) is 60.3 Å². The van der Waals surface area contributed by atoms with E-state index in [4.69, 9.17) is 11.5 Å². The van der Waals surface area contributed by atoms with Gasteiger partial charge in [-0.25, -0.2) is 0 Å². The maximum Gasteiger partial charge on any atom is 0.0619 e. The average Bonchev–Trinajstić information content (AvgIpc) is 3.40. The van der Waals surface area contributed by atoms with Crippen LogP contribution in [0.15, 0.2) is 153 Å². The lowest BCUT2D eigenvalue weighted by Crippen LogP contribution is -1.98. The lowest BCUT2D eigenvalue weighted by atomic mass is 10.0. The maximum absolute atomic E-state index is 6.51. The van der Waals surface area contributed by atoms with Crippen LogP contribution in [0.3, 0.4) is 0 Å². The van der Waals surface area contributed by atoms with Crippen molar-refractivity contribution in [2.75, 3.05) is 0 Å². The highest BCUT2D eigenvalue weighted by Crippen LogP contribution is 2.39. The van der Waals surface area contributed by atoms with Gasteiger partial charge >= 0.3 is 0 Å². The van der Waals surface area contributed by atoms with Crippen LogP contribution in [0.1, 0.15) is 31.4 Å². The largest absolute Gasteiger partial charge is 0.405 e. The third-order valence-electron chi connectivity index (χ3n) is 7.86. The van der Waals surface area contributed by atoms with E-state index in [1.807, 2.05) is 32.1 Å². The van der Waals surface area contributed by atoms with Gasteiger partial charge in [0, 0.05) is 33.4 Å². The number of nitrogens with zero attached hydrogens (tertiary/aromatic N) is 1. The van der Waals surface area contributed by atoms with Crippen molar-refractivity contribution >= 4 is 54.6 Å². The summed E-state index contributed by atoms with van der Waals surface area (Å²) in [7, 11) is 0. The van der Waals surface area contributed by atoms with Crippen molar-refractivity contribution in [3.63, 3.8) is 0 Å². The molecule has 0 atom stereocenters. The zero-order valence-corrected chi connectivity index (χ0v) is 25.9. The molecule has 0 aliphatic carbocycles. The van der Waals surface area contributed by atoms with E-state index in [-0.39, 0.29) is 0 Å². The van der Waals surface area contributed by atoms with E-state index in [1.165, 1.54) is 38.6 Å². The topological polar surface area (TPSA) is 83.0 Å². The van der Waals surface area contributed by atoms with Crippen molar-refractivity contribution < 1.29 is 0 Å². The first-order valence-corrected chi connectivity index (χ1v) is 15.2. The third-order valence-corrected chi connectivity index (χ3v) is 7.86. The Kier molecular flexibility index (Phi) is 9.66. The summed E-state index contributed by atoms with van der Waals surface area (Å²) < 4.78 is 2.42. The summed E-state index contributed by atoms with van der Waals surface area (Å²) >= 11 is 0. The Hall–Kier alpha value is -5.74. The van der Waals surface area contributed by atoms with Crippen molar-refractivity contribution in [3.8, 4) is 5.69 Å². The van der Waals surface area contributed by atoms with Gasteiger partial charge in [-0.3, -0.25) is 0 Å². The summed E-state index contributed by atoms with van der Waals surface area (Å²) in [5, 5.41) is 7.16. The molecule has 1 heterocycles. The first-order chi connectivity index (χ1) is 22.1. The molecule has 0 amide bonds. The molecule has 1 aromatic heterocycles. The summed E-state index contributed by atoms with van der Waals surface area (Å²) in [5.74, 6) is 0. The molecule has 0 spiro atoms. The third kappa shape index (κ3) is 6.17. The van der Waals surface area contributed by atoms with E-state index < -0.39 is 0 Å². The highest BCUT2D eigenvalue weighted by atomic mass is 15.0. The number of hydrogen-bond acceptors (Lipinski definition) is 3. The summed E-state index contributed by atoms with van der Waals surface area (Å²) in [5.41, 5.74) is 24.5. The molecule has 45 heavy (non-hydrogen) atoms. The van der Waals surface area contributed by atoms with Crippen LogP contribution in [0.2, 0.25) is 0 Å². The Morgan fingerprint density at radius 1 is 0.733 bits per heavy atom. The minimum absolute atomic E-state index is 0.748. The molecule has 0 aliphatic heterocycles. The van der Waals surface area contributed by atoms with Gasteiger partial charge in [-0.2, -0.15) is 0 Å². The molecule has 6 aromatic rings. The lowest BCUT2D eigenvalue weighted by Gasteiger charge is -2.14. The van der Waals surface area contributed by atoms with Crippen LogP contribution < -0.4 is 17.2 Å². The van der Waals surface area contributed by atoms with Crippen LogP contribution in [0, 0.1) is 0 Å². The molecule has 0 saturated heterocycles. The first-order valence-electron chi connectivity index (χ1n) is 15.2. The average molecular weight is 589 g/mol. The van der Waals surface area contributed by atoms with Crippen LogP contribution in [0.5, 0.6) is 0 Å². The molecule has 0 radical (unpaired) electrons. The highest BCUT2D eigenvalue weighted by Gasteiger charge is 2.18. The zero-order chi connectivity index (χ0) is 31.8. The molecule has 0 bridgehead atoms. The molecule has 6 N–H and O–H groups in total. The van der Waals surface area contributed by atoms with E-state index in [2.05, 4.69) is 132 Å². The summed E-state index contributed by atoms with van der Waals surface area (Å²) in [6.45, 7) is 7.18. The quantitative estimate of drug-likeness (QED) is 0.128. The van der Waals surface area contributed by atoms with Crippen molar-refractivity contribution in [2.45, 2.75) is 20.3 Å². The molecule has 0 fully saturated rings. The van der Waals surface area contributed by atoms with Gasteiger partial charge in [-0.15, -0.1) is 0 Å². The number of hydrogen-bond donors (Lipinski definition) is 3. The molecular formula is C41H40N4. The van der Waals surface area contributed by atoms with Gasteiger partial charge in [0.1, 0.15) is 0 Å². The highest BCUT2D eigenvalue weighted by molar-refractivity contribution is 6.19. The maximum atomic E-state index is 6.51. The number of benzene rings is 5. The molecular weight excluding hydrogens is 548 g/mol. The Balaban J connectivity index is 0.00000128. The van der Waals surface area contributed by atoms with Crippen molar-refractivity contribution in [1.29, 1.82) is 0 Å². The van der Waals surface area contributed by atoms with E-state index in [1.54, 1.807) is 6.20 Å². The van der Waals surface area contributed by atoms with Crippen molar-refractivity contribution in [1.82, 2.24) is 4.57 Å². The smallest absolute Gasteiger partial charge is 0.0619 e. The van der Waals surface area contributed by atoms with Gasteiger partial charge < -0.3 is 21.8 Å². The predicted molar refractivity (Wildman–Crippen MR) is 198 cm³/mol. The Morgan fingerprint density at radius 3 is 2.24 bits per heavy atom. The number of fused-ring (bicyclic) bond motifs is 6. The number of aromatic nitrogens is 1. The molecule has 0 saturated carbocycles. The molecule has 5 aromatic carbocycles. The Bertz CT molecular complexity index is 2150. The van der Waals surface area contributed by atoms with E-state index in [0.29, 0.717) is 0 Å². The summed E-state index contributed by atoms with van der Waals surface area (Å²) in [6.07, 6.45) is 18.2. The second-order valence-electron chi connectivity index (χ2n) is 10.7. The minimum atomic E-state index is 0.748. The molecule has 0 aliphatic rings. The zero-order valence-electron chi connectivity index (χ0n) is 25.9. The Labute approximate surface area is 265 Å². The van der Waals surface area contributed by atoms with Crippen molar-refractivity contribution in [2.24, 2.45) is 17.2 Å². The molecule has 4 nitrogen and oxygen atoms in total. The number of allylic oxidation sites excluding steroid dienone is 8. The van der Waals surface area contributed by atoms with E-state index in [0.717, 1.165) is 45.4 Å². The van der Waals surface area contributed by atoms with E-state index >= 15 is 0 Å². The van der Waals surface area contributed by atoms with E-state index in [9.17, 15) is 0 Å². The lowest BCUT2D eigenvalue weighted by molar-refractivity contribution is 1.20. The first kappa shape index (κ1) is 30.7. The van der Waals surface area contributed by atoms with Gasteiger partial charge in [-0.05, 0) is 78.2 Å². The fourth-order valence-corrected chi connectivity index (χ4v) is 5.84. The van der Waals surface area contributed by atoms with Crippen LogP contribution in [-0.4, -0.2) is 4.57 Å². The van der Waals surface area contributed by atoms with Crippen LogP contribution in [-0.2, 0) is 0 Å². The number of nitrogens with two attached hydrogens (primary N) is 3. The molecule has 4 heteroatoms. The molecule has 224 valence electrons. The van der Waals surface area contributed by atoms with Crippen LogP contribution >= 0.6 is 0 Å². The van der Waals surface area contributed by atoms with Gasteiger partial charge in [0.15, 0.2) is 0 Å². The summed E-state index contributed by atoms with van der Waals surface area (Å²) in [4.78, 5) is 0. The normalized spacial score (nSPS) is 12.7. The second kappa shape index (κ2) is 14.2. The fourth-order valence-electron chi connectivity index (χ4n) is 5.84. The van der Waals surface area contributed by atoms with Gasteiger partial charge in [-0.1, -0.05) is 116 Å². The molecule has 6 rings (SSSR count). The number of rotatable bonds is 7. The fraction of sp³-hybridized carbons (Fsp3) is 0.0732. The second-order valence-corrected chi connectivity index (χ2v) is 10.7. The van der Waals surface area contributed by atoms with Crippen LogP contribution in [0.4, 0.5) is 0 Å². The Morgan fingerprint density at radius 2 is 1.47 bits per heavy atom. The standard InChI is InChI=1S/C39H35N3.C2H5N/c1-3-5-6-7-8-16-36(41)30-20-21-33-29(24-30)19-23-35-34-22-18-28(31(26-40)12-4-2)25-38(34)42(39(33)35)37-17-11-14-27-13-9-10-15-32(27)37;1-2-3/h3-5,7-26H,6,40-41H2,1-2H3;2H,1,3H2/b5-3+,8-7-,12-4-,31-26+,36-16-;. The van der Waals surface area contributed by atoms with Gasteiger partial charge in [0.2, 0.25) is 0 Å². The molecule has 0 unspecified atom stereocenters. The summed E-state index contributed by atoms with van der Waals surface area (Å²) in [6, 6.07) is 32.7. The monoisotopic (exact) mass is 588 g/mol. The predicted octanol–water partition coefficient (Wildman–Crippen LogP) is 9.88. The SMILES string of the molecule is C/C=C\C(=C/N)c1ccc2c3ccc4cc(/C(N)=C/C=C\C/C=C/C)ccc4c3n(-c3cccc4ccccc34)c2c1.C=CN. The van der Waals surface area contributed by atoms with Gasteiger partial charge in [0.25, 0.3) is 0 Å². The minimum Gasteiger partial charge on any atom is -0.405 e. The van der Waals surface area contributed by atoms with Gasteiger partial charge in [0.05, 0.1) is 16.7 Å². The van der Waals surface area contributed by atoms with Crippen molar-refractivity contribution in [3.05, 3.63) is 164 Å².